The predicted molar refractivity (Wildman–Crippen MR) is 94.8 cm³/mol. The third-order valence-electron chi connectivity index (χ3n) is 3.79. The van der Waals surface area contributed by atoms with Gasteiger partial charge in [-0.3, -0.25) is 9.66 Å². The summed E-state index contributed by atoms with van der Waals surface area (Å²) in [5, 5.41) is 12.5. The Balaban J connectivity index is 1.66. The van der Waals surface area contributed by atoms with Gasteiger partial charge in [-0.05, 0) is 17.7 Å². The molecule has 9 nitrogen and oxygen atoms in total. The van der Waals surface area contributed by atoms with Crippen molar-refractivity contribution in [2.75, 3.05) is 6.35 Å². The Morgan fingerprint density at radius 1 is 1.31 bits per heavy atom. The number of fused-ring (bicyclic) bond motifs is 2. The van der Waals surface area contributed by atoms with Gasteiger partial charge in [0.25, 0.3) is 0 Å². The minimum Gasteiger partial charge on any atom is -0.363 e. The highest BCUT2D eigenvalue weighted by atomic mass is 35.5. The average Bonchev–Trinajstić information content (AvgIpc) is 3.17. The van der Waals surface area contributed by atoms with Crippen LogP contribution in [0.25, 0.3) is 27.7 Å². The van der Waals surface area contributed by atoms with Crippen molar-refractivity contribution < 1.29 is 19.1 Å². The molecule has 0 atom stereocenters. The third-order valence-corrected chi connectivity index (χ3v) is 4.52. The van der Waals surface area contributed by atoms with Crippen LogP contribution < -0.4 is 0 Å². The number of rotatable bonds is 5. The molecule has 3 heterocycles. The van der Waals surface area contributed by atoms with Gasteiger partial charge in [0, 0.05) is 17.1 Å². The van der Waals surface area contributed by atoms with E-state index >= 15 is 0 Å². The van der Waals surface area contributed by atoms with Gasteiger partial charge < -0.3 is 14.5 Å². The summed E-state index contributed by atoms with van der Waals surface area (Å²) in [4.78, 5) is 22.0. The molecule has 3 N–H and O–H groups in total. The van der Waals surface area contributed by atoms with Crippen LogP contribution in [0.2, 0.25) is 5.15 Å². The number of H-pyrrole nitrogens is 1. The van der Waals surface area contributed by atoms with E-state index < -0.39 is 13.9 Å². The second kappa shape index (κ2) is 6.46. The molecule has 0 fully saturated rings. The van der Waals surface area contributed by atoms with Crippen LogP contribution in [0.5, 0.6) is 0 Å². The first-order valence-electron chi connectivity index (χ1n) is 7.50. The summed E-state index contributed by atoms with van der Waals surface area (Å²) in [5.41, 5.74) is 3.66. The van der Waals surface area contributed by atoms with Crippen molar-refractivity contribution in [3.63, 3.8) is 0 Å². The number of aromatic nitrogens is 5. The van der Waals surface area contributed by atoms with Crippen LogP contribution in [0.15, 0.2) is 36.7 Å². The topological polar surface area (TPSA) is 126 Å². The normalized spacial score (nSPS) is 12.3. The summed E-state index contributed by atoms with van der Waals surface area (Å²) < 4.78 is 17.5. The minimum atomic E-state index is -4.20. The van der Waals surface area contributed by atoms with Gasteiger partial charge in [-0.2, -0.15) is 10.2 Å². The Bertz CT molecular complexity index is 1150. The molecule has 4 rings (SSSR count). The molecule has 4 aromatic rings. The van der Waals surface area contributed by atoms with E-state index in [-0.39, 0.29) is 6.61 Å². The highest BCUT2D eigenvalue weighted by Crippen LogP contribution is 2.34. The lowest BCUT2D eigenvalue weighted by Crippen LogP contribution is -1.97. The smallest absolute Gasteiger partial charge is 0.350 e. The molecule has 0 amide bonds. The standard InChI is InChI=1S/C15H13ClN5O4P/c16-14-3-4-21-15(18-14)11(6-17-21)9-1-2-10-12(5-9)19-20-13(10)7-25-8-26(22,23)24/h1-6H,7-8H2,(H,19,20)(H2,22,23,24). The van der Waals surface area contributed by atoms with Gasteiger partial charge in [0.15, 0.2) is 5.65 Å². The van der Waals surface area contributed by atoms with Crippen molar-refractivity contribution in [1.29, 1.82) is 0 Å². The lowest BCUT2D eigenvalue weighted by atomic mass is 10.1. The minimum absolute atomic E-state index is 0.0227. The SMILES string of the molecule is O=P(O)(O)COCc1[nH]nc2cc(-c3cnn4ccc(Cl)nc34)ccc12. The Hall–Kier alpha value is -2.29. The average molecular weight is 394 g/mol. The summed E-state index contributed by atoms with van der Waals surface area (Å²) in [5.74, 6) is 0. The molecule has 11 heteroatoms. The molecule has 0 saturated carbocycles. The van der Waals surface area contributed by atoms with Crippen LogP contribution in [-0.2, 0) is 15.9 Å². The monoisotopic (exact) mass is 393 g/mol. The van der Waals surface area contributed by atoms with Crippen molar-refractivity contribution in [3.8, 4) is 11.1 Å². The maximum atomic E-state index is 10.9. The van der Waals surface area contributed by atoms with Crippen LogP contribution in [-0.4, -0.2) is 40.9 Å². The molecular weight excluding hydrogens is 381 g/mol. The molecule has 0 bridgehead atoms. The number of hydrogen-bond donors (Lipinski definition) is 3. The number of aromatic amines is 1. The number of hydrogen-bond acceptors (Lipinski definition) is 5. The fourth-order valence-corrected chi connectivity index (χ4v) is 3.13. The quantitative estimate of drug-likeness (QED) is 0.351. The second-order valence-corrected chi connectivity index (χ2v) is 7.63. The lowest BCUT2D eigenvalue weighted by molar-refractivity contribution is 0.143. The van der Waals surface area contributed by atoms with E-state index in [4.69, 9.17) is 26.1 Å². The molecule has 0 saturated heterocycles. The summed E-state index contributed by atoms with van der Waals surface area (Å²) in [6.07, 6.45) is 2.80. The molecule has 0 radical (unpaired) electrons. The van der Waals surface area contributed by atoms with Crippen molar-refractivity contribution in [2.24, 2.45) is 0 Å². The number of ether oxygens (including phenoxy) is 1. The highest BCUT2D eigenvalue weighted by Gasteiger charge is 2.15. The molecule has 134 valence electrons. The van der Waals surface area contributed by atoms with E-state index in [0.29, 0.717) is 22.0 Å². The zero-order valence-corrected chi connectivity index (χ0v) is 14.9. The van der Waals surface area contributed by atoms with Crippen molar-refractivity contribution in [3.05, 3.63) is 47.5 Å². The van der Waals surface area contributed by atoms with Gasteiger partial charge in [0.1, 0.15) is 11.5 Å². The van der Waals surface area contributed by atoms with Gasteiger partial charge in [0.2, 0.25) is 0 Å². The van der Waals surface area contributed by atoms with E-state index in [2.05, 4.69) is 20.3 Å². The first-order valence-corrected chi connectivity index (χ1v) is 9.68. The third kappa shape index (κ3) is 3.35. The molecule has 1 aromatic carbocycles. The zero-order valence-electron chi connectivity index (χ0n) is 13.2. The van der Waals surface area contributed by atoms with Gasteiger partial charge in [-0.25, -0.2) is 9.50 Å². The summed E-state index contributed by atoms with van der Waals surface area (Å²) in [6, 6.07) is 7.28. The number of nitrogens with one attached hydrogen (secondary N) is 1. The van der Waals surface area contributed by atoms with E-state index in [0.717, 1.165) is 16.5 Å². The lowest BCUT2D eigenvalue weighted by Gasteiger charge is -2.04. The van der Waals surface area contributed by atoms with Gasteiger partial charge in [-0.15, -0.1) is 0 Å². The number of benzene rings is 1. The maximum absolute atomic E-state index is 10.9. The Labute approximate surface area is 151 Å². The van der Waals surface area contributed by atoms with Crippen LogP contribution in [0.3, 0.4) is 0 Å². The summed E-state index contributed by atoms with van der Waals surface area (Å²) in [7, 11) is -4.20. The van der Waals surface area contributed by atoms with E-state index in [1.807, 2.05) is 18.2 Å². The molecule has 0 aliphatic rings. The van der Waals surface area contributed by atoms with Crippen LogP contribution in [0, 0.1) is 0 Å². The van der Waals surface area contributed by atoms with Gasteiger partial charge in [-0.1, -0.05) is 23.7 Å². The molecule has 0 aliphatic carbocycles. The first kappa shape index (κ1) is 17.1. The van der Waals surface area contributed by atoms with Gasteiger partial charge >= 0.3 is 7.60 Å². The Morgan fingerprint density at radius 3 is 2.96 bits per heavy atom. The fourth-order valence-electron chi connectivity index (χ4n) is 2.66. The molecule has 0 spiro atoms. The molecule has 0 unspecified atom stereocenters. The first-order chi connectivity index (χ1) is 12.4. The molecular formula is C15H13ClN5O4P. The Morgan fingerprint density at radius 2 is 2.15 bits per heavy atom. The van der Waals surface area contributed by atoms with E-state index in [9.17, 15) is 4.57 Å². The van der Waals surface area contributed by atoms with Crippen molar-refractivity contribution >= 4 is 35.7 Å². The molecule has 26 heavy (non-hydrogen) atoms. The van der Waals surface area contributed by atoms with Gasteiger partial charge in [0.05, 0.1) is 24.0 Å². The van der Waals surface area contributed by atoms with Crippen LogP contribution >= 0.6 is 19.2 Å². The largest absolute Gasteiger partial charge is 0.363 e. The van der Waals surface area contributed by atoms with Crippen molar-refractivity contribution in [1.82, 2.24) is 24.8 Å². The fraction of sp³-hybridized carbons (Fsp3) is 0.133. The van der Waals surface area contributed by atoms with Crippen LogP contribution in [0.4, 0.5) is 0 Å². The number of halogens is 1. The van der Waals surface area contributed by atoms with E-state index in [1.165, 1.54) is 0 Å². The summed E-state index contributed by atoms with van der Waals surface area (Å²) in [6.45, 7) is 0.0227. The highest BCUT2D eigenvalue weighted by molar-refractivity contribution is 7.51. The maximum Gasteiger partial charge on any atom is 0.350 e. The second-order valence-electron chi connectivity index (χ2n) is 5.65. The van der Waals surface area contributed by atoms with Crippen LogP contribution in [0.1, 0.15) is 5.69 Å². The predicted octanol–water partition coefficient (Wildman–Crippen LogP) is 2.58. The Kier molecular flexibility index (Phi) is 4.26. The summed E-state index contributed by atoms with van der Waals surface area (Å²) >= 11 is 5.97. The van der Waals surface area contributed by atoms with E-state index in [1.54, 1.807) is 23.0 Å². The number of nitrogens with zero attached hydrogens (tertiary/aromatic N) is 4. The molecule has 3 aromatic heterocycles. The molecule has 0 aliphatic heterocycles. The zero-order chi connectivity index (χ0) is 18.3. The van der Waals surface area contributed by atoms with Crippen molar-refractivity contribution in [2.45, 2.75) is 6.61 Å².